The number of methoxy groups -OCH3 is 1. The predicted molar refractivity (Wildman–Crippen MR) is 127 cm³/mol. The van der Waals surface area contributed by atoms with Crippen LogP contribution in [0.3, 0.4) is 0 Å². The number of hydrogen-bond donors (Lipinski definition) is 2. The van der Waals surface area contributed by atoms with Gasteiger partial charge in [0.25, 0.3) is 0 Å². The van der Waals surface area contributed by atoms with E-state index in [0.29, 0.717) is 24.7 Å². The highest BCUT2D eigenvalue weighted by molar-refractivity contribution is 14.0. The molecule has 7 nitrogen and oxygen atoms in total. The Hall–Kier alpha value is -1.46. The molecular weight excluding hydrogens is 500 g/mol. The lowest BCUT2D eigenvalue weighted by Gasteiger charge is -2.36. The van der Waals surface area contributed by atoms with Crippen molar-refractivity contribution < 1.29 is 13.9 Å². The average Bonchev–Trinajstić information content (AvgIpc) is 3.52. The Morgan fingerprint density at radius 1 is 1.27 bits per heavy atom. The molecule has 0 unspecified atom stereocenters. The van der Waals surface area contributed by atoms with Gasteiger partial charge in [0.05, 0.1) is 19.7 Å². The van der Waals surface area contributed by atoms with Crippen LogP contribution in [0, 0.1) is 5.82 Å². The third-order valence-electron chi connectivity index (χ3n) is 5.14. The second-order valence-corrected chi connectivity index (χ2v) is 7.63. The summed E-state index contributed by atoms with van der Waals surface area (Å²) in [5.74, 6) is 0.727. The lowest BCUT2D eigenvalue weighted by Crippen LogP contribution is -2.54. The highest BCUT2D eigenvalue weighted by Gasteiger charge is 2.25. The number of aliphatic imine (C=N–C) groups is 1. The van der Waals surface area contributed by atoms with Gasteiger partial charge in [0, 0.05) is 51.4 Å². The van der Waals surface area contributed by atoms with E-state index < -0.39 is 0 Å². The van der Waals surface area contributed by atoms with Gasteiger partial charge in [-0.3, -0.25) is 9.69 Å². The van der Waals surface area contributed by atoms with E-state index in [0.717, 1.165) is 57.1 Å². The van der Waals surface area contributed by atoms with Crippen LogP contribution in [0.1, 0.15) is 30.9 Å². The summed E-state index contributed by atoms with van der Waals surface area (Å²) in [5.41, 5.74) is 1.49. The van der Waals surface area contributed by atoms with Gasteiger partial charge in [-0.05, 0) is 37.5 Å². The van der Waals surface area contributed by atoms with E-state index in [-0.39, 0.29) is 42.3 Å². The second-order valence-electron chi connectivity index (χ2n) is 7.63. The normalized spacial score (nSPS) is 17.4. The van der Waals surface area contributed by atoms with Gasteiger partial charge in [0.15, 0.2) is 5.96 Å². The van der Waals surface area contributed by atoms with E-state index >= 15 is 0 Å². The fraction of sp³-hybridized carbons (Fsp3) is 0.619. The number of nitrogens with one attached hydrogen (secondary N) is 2. The fourth-order valence-electron chi connectivity index (χ4n) is 3.41. The Labute approximate surface area is 195 Å². The molecule has 1 saturated carbocycles. The van der Waals surface area contributed by atoms with Crippen LogP contribution in [0.15, 0.2) is 23.2 Å². The molecule has 2 fully saturated rings. The number of amides is 1. The molecule has 1 aromatic carbocycles. The van der Waals surface area contributed by atoms with E-state index in [1.54, 1.807) is 13.2 Å². The number of piperazine rings is 1. The summed E-state index contributed by atoms with van der Waals surface area (Å²) < 4.78 is 18.9. The lowest BCUT2D eigenvalue weighted by atomic mass is 10.1. The van der Waals surface area contributed by atoms with Crippen molar-refractivity contribution in [2.24, 2.45) is 4.99 Å². The third kappa shape index (κ3) is 7.66. The summed E-state index contributed by atoms with van der Waals surface area (Å²) >= 11 is 0. The number of ether oxygens (including phenoxy) is 1. The smallest absolute Gasteiger partial charge is 0.234 e. The molecule has 9 heteroatoms. The molecule has 1 aliphatic heterocycles. The van der Waals surface area contributed by atoms with Crippen molar-refractivity contribution in [3.05, 3.63) is 35.1 Å². The Morgan fingerprint density at radius 3 is 2.63 bits per heavy atom. The summed E-state index contributed by atoms with van der Waals surface area (Å²) in [7, 11) is 1.56. The molecule has 1 aromatic rings. The molecule has 2 N–H and O–H groups in total. The minimum absolute atomic E-state index is 0. The number of rotatable bonds is 8. The van der Waals surface area contributed by atoms with Crippen LogP contribution >= 0.6 is 24.0 Å². The van der Waals surface area contributed by atoms with Crippen LogP contribution in [-0.4, -0.2) is 74.1 Å². The number of carbonyl (C=O) groups is 1. The van der Waals surface area contributed by atoms with Gasteiger partial charge in [0.2, 0.25) is 5.91 Å². The van der Waals surface area contributed by atoms with Gasteiger partial charge in [-0.1, -0.05) is 6.07 Å². The summed E-state index contributed by atoms with van der Waals surface area (Å²) in [4.78, 5) is 21.2. The lowest BCUT2D eigenvalue weighted by molar-refractivity contribution is -0.122. The zero-order valence-electron chi connectivity index (χ0n) is 17.8. The zero-order chi connectivity index (χ0) is 20.6. The first kappa shape index (κ1) is 24.8. The Morgan fingerprint density at radius 2 is 2.00 bits per heavy atom. The molecule has 0 atom stereocenters. The summed E-state index contributed by atoms with van der Waals surface area (Å²) in [6.07, 6.45) is 2.23. The molecule has 1 aliphatic carbocycles. The van der Waals surface area contributed by atoms with Crippen molar-refractivity contribution in [1.29, 1.82) is 0 Å². The van der Waals surface area contributed by atoms with Gasteiger partial charge in [-0.2, -0.15) is 0 Å². The summed E-state index contributed by atoms with van der Waals surface area (Å²) in [6.45, 7) is 7.32. The maximum Gasteiger partial charge on any atom is 0.234 e. The predicted octanol–water partition coefficient (Wildman–Crippen LogP) is 1.95. The van der Waals surface area contributed by atoms with E-state index in [2.05, 4.69) is 20.4 Å². The Balaban J connectivity index is 0.00000320. The molecule has 1 amide bonds. The molecule has 168 valence electrons. The second kappa shape index (κ2) is 12.4. The highest BCUT2D eigenvalue weighted by Crippen LogP contribution is 2.18. The van der Waals surface area contributed by atoms with Crippen LogP contribution in [0.4, 0.5) is 4.39 Å². The van der Waals surface area contributed by atoms with Crippen LogP contribution < -0.4 is 10.6 Å². The minimum Gasteiger partial charge on any atom is -0.380 e. The monoisotopic (exact) mass is 533 g/mol. The van der Waals surface area contributed by atoms with Gasteiger partial charge in [-0.15, -0.1) is 24.0 Å². The van der Waals surface area contributed by atoms with Crippen molar-refractivity contribution in [2.45, 2.75) is 39.0 Å². The molecule has 0 spiro atoms. The molecule has 0 radical (unpaired) electrons. The number of nitrogens with zero attached hydrogens (tertiary/aromatic N) is 3. The topological polar surface area (TPSA) is 69.2 Å². The minimum atomic E-state index is -0.256. The molecule has 0 bridgehead atoms. The van der Waals surface area contributed by atoms with E-state index in [1.807, 2.05) is 13.0 Å². The first-order valence-corrected chi connectivity index (χ1v) is 10.4. The quantitative estimate of drug-likeness (QED) is 0.304. The maximum absolute atomic E-state index is 13.8. The first-order valence-electron chi connectivity index (χ1n) is 10.4. The molecule has 2 aliphatic rings. The van der Waals surface area contributed by atoms with Crippen LogP contribution in [-0.2, 0) is 22.7 Å². The maximum atomic E-state index is 13.8. The fourth-order valence-corrected chi connectivity index (χ4v) is 3.41. The molecule has 0 aromatic heterocycles. The number of benzene rings is 1. The number of halogens is 2. The zero-order valence-corrected chi connectivity index (χ0v) is 20.2. The van der Waals surface area contributed by atoms with Crippen molar-refractivity contribution in [3.8, 4) is 0 Å². The Kier molecular flexibility index (Phi) is 10.3. The van der Waals surface area contributed by atoms with E-state index in [9.17, 15) is 9.18 Å². The summed E-state index contributed by atoms with van der Waals surface area (Å²) in [5, 5.41) is 6.39. The molecule has 1 heterocycles. The number of hydrogen-bond acceptors (Lipinski definition) is 4. The van der Waals surface area contributed by atoms with Crippen molar-refractivity contribution in [2.75, 3.05) is 46.4 Å². The largest absolute Gasteiger partial charge is 0.380 e. The van der Waals surface area contributed by atoms with Crippen LogP contribution in [0.2, 0.25) is 0 Å². The Bertz CT molecular complexity index is 721. The molecule has 1 saturated heterocycles. The molecule has 3 rings (SSSR count). The highest BCUT2D eigenvalue weighted by atomic mass is 127. The summed E-state index contributed by atoms with van der Waals surface area (Å²) in [6, 6.07) is 5.45. The average molecular weight is 533 g/mol. The SMILES string of the molecule is CCNC(=NCc1ccc(F)c(COC)c1)N1CCN(CC(=O)NC2CC2)CC1.I. The van der Waals surface area contributed by atoms with Gasteiger partial charge in [0.1, 0.15) is 5.82 Å². The first-order chi connectivity index (χ1) is 14.1. The molecule has 30 heavy (non-hydrogen) atoms. The van der Waals surface area contributed by atoms with Gasteiger partial charge in [-0.25, -0.2) is 9.38 Å². The van der Waals surface area contributed by atoms with Crippen LogP contribution in [0.25, 0.3) is 0 Å². The van der Waals surface area contributed by atoms with Crippen molar-refractivity contribution in [3.63, 3.8) is 0 Å². The third-order valence-corrected chi connectivity index (χ3v) is 5.14. The van der Waals surface area contributed by atoms with E-state index in [1.165, 1.54) is 6.07 Å². The van der Waals surface area contributed by atoms with Crippen molar-refractivity contribution in [1.82, 2.24) is 20.4 Å². The molecular formula is C21H33FIN5O2. The van der Waals surface area contributed by atoms with Gasteiger partial charge < -0.3 is 20.3 Å². The number of carbonyl (C=O) groups excluding carboxylic acids is 1. The van der Waals surface area contributed by atoms with Crippen LogP contribution in [0.5, 0.6) is 0 Å². The van der Waals surface area contributed by atoms with Crippen molar-refractivity contribution >= 4 is 35.8 Å². The standard InChI is InChI=1S/C21H32FN5O2.HI/c1-3-23-21(24-13-16-4-7-19(22)17(12-16)15-29-2)27-10-8-26(9-11-27)14-20(28)25-18-5-6-18;/h4,7,12,18H,3,5-6,8-11,13-15H2,1-2H3,(H,23,24)(H,25,28);1H. The van der Waals surface area contributed by atoms with Gasteiger partial charge >= 0.3 is 0 Å². The van der Waals surface area contributed by atoms with E-state index in [4.69, 9.17) is 9.73 Å². The number of guanidine groups is 1.